The Morgan fingerprint density at radius 2 is 1.10 bits per heavy atom. The topological polar surface area (TPSA) is 0 Å². The Kier molecular flexibility index (Phi) is 13.5. The maximum atomic E-state index is 3.67. The molecule has 0 N–H and O–H groups in total. The fraction of sp³-hybridized carbons (Fsp3) is 0.360. The van der Waals surface area contributed by atoms with E-state index in [4.69, 9.17) is 0 Å². The monoisotopic (exact) mass is 512 g/mol. The van der Waals surface area contributed by atoms with E-state index in [0.717, 1.165) is 6.42 Å². The van der Waals surface area contributed by atoms with Crippen LogP contribution in [0.1, 0.15) is 42.5 Å². The molecule has 0 heterocycles. The molecule has 2 aromatic carbocycles. The van der Waals surface area contributed by atoms with Crippen molar-refractivity contribution in [3.05, 3.63) is 81.6 Å². The molecule has 0 fully saturated rings. The number of halogens is 3. The van der Waals surface area contributed by atoms with E-state index in [1.54, 1.807) is 5.20 Å². The number of allylic oxidation sites excluding steroid dienone is 4. The summed E-state index contributed by atoms with van der Waals surface area (Å²) >= 11 is 0. The van der Waals surface area contributed by atoms with Crippen molar-refractivity contribution in [1.82, 2.24) is 0 Å². The molecule has 1 aliphatic rings. The van der Waals surface area contributed by atoms with Crippen molar-refractivity contribution < 1.29 is 58.9 Å². The minimum Gasteiger partial charge on any atom is -1.00 e. The van der Waals surface area contributed by atoms with Gasteiger partial charge in [0.1, 0.15) is 0 Å². The van der Waals surface area contributed by atoms with Crippen molar-refractivity contribution in [2.45, 2.75) is 54.5 Å². The van der Waals surface area contributed by atoms with Crippen molar-refractivity contribution in [2.24, 2.45) is 5.92 Å². The third-order valence-corrected chi connectivity index (χ3v) is 10.0. The fourth-order valence-electron chi connectivity index (χ4n) is 4.46. The van der Waals surface area contributed by atoms with E-state index in [1.807, 2.05) is 0 Å². The second-order valence-electron chi connectivity index (χ2n) is 8.44. The summed E-state index contributed by atoms with van der Waals surface area (Å²) in [6.07, 6.45) is 7.08. The first-order valence-electron chi connectivity index (χ1n) is 9.71. The molecule has 30 heavy (non-hydrogen) atoms. The first-order valence-corrected chi connectivity index (χ1v) is 12.2. The van der Waals surface area contributed by atoms with Gasteiger partial charge in [0.25, 0.3) is 0 Å². The van der Waals surface area contributed by atoms with E-state index >= 15 is 0 Å². The first kappa shape index (κ1) is 31.9. The average Bonchev–Trinajstić information content (AvgIpc) is 3.02. The van der Waals surface area contributed by atoms with Crippen LogP contribution in [0.5, 0.6) is 0 Å². The van der Waals surface area contributed by atoms with Crippen molar-refractivity contribution in [2.75, 3.05) is 0 Å². The van der Waals surface area contributed by atoms with E-state index in [0.29, 0.717) is 5.92 Å². The van der Waals surface area contributed by atoms with Gasteiger partial charge in [-0.1, -0.05) is 95.3 Å². The van der Waals surface area contributed by atoms with Crippen LogP contribution in [0.2, 0.25) is 6.55 Å². The van der Waals surface area contributed by atoms with E-state index in [-0.39, 0.29) is 58.9 Å². The van der Waals surface area contributed by atoms with Gasteiger partial charge in [-0.2, -0.15) is 11.3 Å². The van der Waals surface area contributed by atoms with Crippen LogP contribution in [0.3, 0.4) is 0 Å². The summed E-state index contributed by atoms with van der Waals surface area (Å²) in [5.74, 6) is 0.521. The Hall–Kier alpha value is -0.279. The van der Waals surface area contributed by atoms with Gasteiger partial charge in [0.15, 0.2) is 0 Å². The molecule has 1 aliphatic carbocycles. The summed E-state index contributed by atoms with van der Waals surface area (Å²) < 4.78 is 0. The molecule has 0 spiro atoms. The van der Waals surface area contributed by atoms with Crippen molar-refractivity contribution in [3.63, 3.8) is 0 Å². The molecule has 0 amide bonds. The Morgan fingerprint density at radius 1 is 0.733 bits per heavy atom. The summed E-state index contributed by atoms with van der Waals surface area (Å²) in [6.45, 7) is 16.0. The quantitative estimate of drug-likeness (QED) is 0.293. The molecule has 0 unspecified atom stereocenters. The molecule has 0 saturated carbocycles. The van der Waals surface area contributed by atoms with Gasteiger partial charge in [0.05, 0.1) is 8.07 Å². The largest absolute Gasteiger partial charge is 4.00 e. The second kappa shape index (κ2) is 12.7. The molecule has 2 aromatic rings. The molecule has 0 radical (unpaired) electrons. The standard InChI is InChI=1S/C25H31Si.3ClH.Ti/c1-17(2)24-9-8-10-25(24)26(7,22-13-18(3)11-19(4)14-22)23-15-20(5)12-21(6)16-23;;;;/h10-17H,8H2,1-7H3;3*1H;/q-1;;;;+4/p-3. The Bertz CT molecular complexity index is 825. The number of rotatable bonds is 4. The normalized spacial score (nSPS) is 12.7. The summed E-state index contributed by atoms with van der Waals surface area (Å²) in [7, 11) is -2.06. The zero-order valence-corrected chi connectivity index (χ0v) is 23.8. The first-order chi connectivity index (χ1) is 12.2. The van der Waals surface area contributed by atoms with E-state index < -0.39 is 8.07 Å². The van der Waals surface area contributed by atoms with Crippen LogP contribution >= 0.6 is 0 Å². The van der Waals surface area contributed by atoms with Crippen LogP contribution in [0, 0.1) is 39.7 Å². The Morgan fingerprint density at radius 3 is 1.43 bits per heavy atom. The molecule has 0 aliphatic heterocycles. The van der Waals surface area contributed by atoms with Gasteiger partial charge in [-0.3, -0.25) is 6.08 Å². The Balaban J connectivity index is 0. The zero-order valence-electron chi connectivity index (χ0n) is 19.0. The molecule has 0 nitrogen and oxygen atoms in total. The summed E-state index contributed by atoms with van der Waals surface area (Å²) in [5.41, 5.74) is 6.89. The SMILES string of the molecule is Cc1cc(C)cc([Si](C)(C2=CC[C-]=C2C(C)C)c2cc(C)cc(C)c2)c1.[Cl-].[Cl-].[Cl-].[Ti+4]. The molecule has 160 valence electrons. The van der Waals surface area contributed by atoms with Crippen LogP contribution in [0.15, 0.2) is 53.2 Å². The number of aryl methyl sites for hydroxylation is 4. The maximum absolute atomic E-state index is 3.67. The van der Waals surface area contributed by atoms with Gasteiger partial charge in [-0.25, -0.2) is 5.57 Å². The predicted molar refractivity (Wildman–Crippen MR) is 117 cm³/mol. The van der Waals surface area contributed by atoms with Crippen LogP contribution < -0.4 is 47.6 Å². The van der Waals surface area contributed by atoms with Crippen LogP contribution in [-0.4, -0.2) is 8.07 Å². The fourth-order valence-corrected chi connectivity index (χ4v) is 8.91. The van der Waals surface area contributed by atoms with E-state index in [1.165, 1.54) is 38.2 Å². The zero-order chi connectivity index (χ0) is 19.1. The number of benzene rings is 2. The van der Waals surface area contributed by atoms with E-state index in [9.17, 15) is 0 Å². The summed E-state index contributed by atoms with van der Waals surface area (Å²) in [5, 5.41) is 4.61. The molecule has 0 atom stereocenters. The van der Waals surface area contributed by atoms with Crippen molar-refractivity contribution >= 4 is 18.4 Å². The number of hydrogen-bond acceptors (Lipinski definition) is 0. The summed E-state index contributed by atoms with van der Waals surface area (Å²) in [4.78, 5) is 0. The van der Waals surface area contributed by atoms with Crippen molar-refractivity contribution in [3.8, 4) is 0 Å². The van der Waals surface area contributed by atoms with Gasteiger partial charge in [0.2, 0.25) is 0 Å². The summed E-state index contributed by atoms with van der Waals surface area (Å²) in [6, 6.07) is 14.3. The average molecular weight is 514 g/mol. The number of hydrogen-bond donors (Lipinski definition) is 0. The molecule has 0 saturated heterocycles. The van der Waals surface area contributed by atoms with Crippen LogP contribution in [0.4, 0.5) is 0 Å². The molecular formula is C25H31Cl3SiTi. The van der Waals surface area contributed by atoms with E-state index in [2.05, 4.69) is 96.6 Å². The molecular weight excluding hydrogens is 483 g/mol. The molecule has 3 rings (SSSR count). The third-order valence-electron chi connectivity index (χ3n) is 5.60. The third kappa shape index (κ3) is 6.38. The minimum absolute atomic E-state index is 0. The Labute approximate surface area is 218 Å². The minimum atomic E-state index is -2.06. The van der Waals surface area contributed by atoms with Crippen LogP contribution in [0.25, 0.3) is 0 Å². The molecule has 0 bridgehead atoms. The van der Waals surface area contributed by atoms with Crippen molar-refractivity contribution in [1.29, 1.82) is 0 Å². The molecule has 5 heteroatoms. The van der Waals surface area contributed by atoms with Gasteiger partial charge >= 0.3 is 21.7 Å². The van der Waals surface area contributed by atoms with Gasteiger partial charge < -0.3 is 37.2 Å². The van der Waals surface area contributed by atoms with Crippen LogP contribution in [-0.2, 0) is 21.7 Å². The predicted octanol–water partition coefficient (Wildman–Crippen LogP) is -3.62. The maximum Gasteiger partial charge on any atom is 4.00 e. The van der Waals surface area contributed by atoms with Gasteiger partial charge in [-0.15, -0.1) is 6.42 Å². The second-order valence-corrected chi connectivity index (χ2v) is 12.4. The van der Waals surface area contributed by atoms with Gasteiger partial charge in [-0.05, 0) is 27.7 Å². The molecule has 0 aromatic heterocycles. The van der Waals surface area contributed by atoms with Gasteiger partial charge in [0, 0.05) is 0 Å². The smallest absolute Gasteiger partial charge is 1.00 e.